The number of benzene rings is 4. The molecule has 0 fully saturated rings. The molecule has 0 saturated heterocycles. The average molecular weight is 541 g/mol. The van der Waals surface area contributed by atoms with Gasteiger partial charge >= 0.3 is 5.97 Å². The van der Waals surface area contributed by atoms with E-state index in [2.05, 4.69) is 9.71 Å². The number of H-pyrrole nitrogens is 1. The third kappa shape index (κ3) is 6.19. The molecule has 1 heterocycles. The second kappa shape index (κ2) is 11.6. The molecule has 0 aliphatic carbocycles. The first-order chi connectivity index (χ1) is 18.9. The highest BCUT2D eigenvalue weighted by molar-refractivity contribution is 7.89. The van der Waals surface area contributed by atoms with Crippen molar-refractivity contribution in [3.63, 3.8) is 0 Å². The summed E-state index contributed by atoms with van der Waals surface area (Å²) in [5, 5.41) is 0.917. The zero-order chi connectivity index (χ0) is 27.2. The minimum atomic E-state index is -4.04. The number of carbonyl (C=O) groups excluding carboxylic acids is 1. The van der Waals surface area contributed by atoms with Crippen molar-refractivity contribution in [3.8, 4) is 16.9 Å². The predicted octanol–water partition coefficient (Wildman–Crippen LogP) is 5.48. The molecule has 39 heavy (non-hydrogen) atoms. The Kier molecular flexibility index (Phi) is 7.76. The maximum absolute atomic E-state index is 13.4. The van der Waals surface area contributed by atoms with Crippen molar-refractivity contribution < 1.29 is 22.7 Å². The Balaban J connectivity index is 1.38. The Morgan fingerprint density at radius 2 is 1.62 bits per heavy atom. The second-order valence-corrected chi connectivity index (χ2v) is 10.8. The monoisotopic (exact) mass is 540 g/mol. The summed E-state index contributed by atoms with van der Waals surface area (Å²) < 4.78 is 40.2. The van der Waals surface area contributed by atoms with Crippen molar-refractivity contribution in [1.29, 1.82) is 0 Å². The third-order valence-corrected chi connectivity index (χ3v) is 7.96. The Morgan fingerprint density at radius 1 is 0.872 bits per heavy atom. The van der Waals surface area contributed by atoms with Crippen molar-refractivity contribution in [2.75, 3.05) is 7.11 Å². The molecule has 0 aliphatic heterocycles. The van der Waals surface area contributed by atoms with Gasteiger partial charge in [0.1, 0.15) is 18.4 Å². The molecule has 0 radical (unpaired) electrons. The molecule has 4 aromatic carbocycles. The van der Waals surface area contributed by atoms with Gasteiger partial charge in [-0.05, 0) is 52.6 Å². The fourth-order valence-electron chi connectivity index (χ4n) is 4.41. The number of carbonyl (C=O) groups is 1. The maximum atomic E-state index is 13.4. The summed E-state index contributed by atoms with van der Waals surface area (Å²) in [4.78, 5) is 16.4. The van der Waals surface area contributed by atoms with E-state index in [4.69, 9.17) is 9.47 Å². The Bertz CT molecular complexity index is 1680. The topological polar surface area (TPSA) is 97.5 Å². The van der Waals surface area contributed by atoms with Gasteiger partial charge in [-0.1, -0.05) is 72.8 Å². The number of fused-ring (bicyclic) bond motifs is 1. The molecule has 0 aliphatic rings. The third-order valence-electron chi connectivity index (χ3n) is 6.47. The lowest BCUT2D eigenvalue weighted by Crippen LogP contribution is -2.43. The fourth-order valence-corrected chi connectivity index (χ4v) is 5.59. The molecular weight excluding hydrogens is 512 g/mol. The zero-order valence-electron chi connectivity index (χ0n) is 21.3. The Labute approximate surface area is 227 Å². The van der Waals surface area contributed by atoms with Crippen LogP contribution >= 0.6 is 0 Å². The highest BCUT2D eigenvalue weighted by atomic mass is 32.2. The molecule has 0 unspecified atom stereocenters. The fraction of sp³-hybridized carbons (Fsp3) is 0.129. The molecule has 0 amide bonds. The summed E-state index contributed by atoms with van der Waals surface area (Å²) in [6, 6.07) is 29.8. The summed E-state index contributed by atoms with van der Waals surface area (Å²) >= 11 is 0. The van der Waals surface area contributed by atoms with Crippen molar-refractivity contribution in [3.05, 3.63) is 120 Å². The van der Waals surface area contributed by atoms with E-state index in [0.717, 1.165) is 33.2 Å². The maximum Gasteiger partial charge on any atom is 0.324 e. The van der Waals surface area contributed by atoms with E-state index in [-0.39, 0.29) is 17.9 Å². The molecule has 7 nitrogen and oxygen atoms in total. The summed E-state index contributed by atoms with van der Waals surface area (Å²) in [6.07, 6.45) is 1.91. The van der Waals surface area contributed by atoms with Gasteiger partial charge in [-0.15, -0.1) is 0 Å². The number of ether oxygens (including phenoxy) is 2. The van der Waals surface area contributed by atoms with Gasteiger partial charge in [-0.3, -0.25) is 4.79 Å². The van der Waals surface area contributed by atoms with Crippen LogP contribution in [-0.4, -0.2) is 32.5 Å². The largest absolute Gasteiger partial charge is 0.497 e. The number of sulfonamides is 1. The smallest absolute Gasteiger partial charge is 0.324 e. The lowest BCUT2D eigenvalue weighted by molar-refractivity contribution is -0.147. The van der Waals surface area contributed by atoms with E-state index < -0.39 is 22.0 Å². The van der Waals surface area contributed by atoms with Gasteiger partial charge in [0.25, 0.3) is 0 Å². The van der Waals surface area contributed by atoms with Crippen molar-refractivity contribution >= 4 is 26.9 Å². The van der Waals surface area contributed by atoms with Crippen LogP contribution in [0.1, 0.15) is 11.1 Å². The number of nitrogens with one attached hydrogen (secondary N) is 2. The summed E-state index contributed by atoms with van der Waals surface area (Å²) in [5.41, 5.74) is 4.26. The van der Waals surface area contributed by atoms with Crippen LogP contribution in [0.4, 0.5) is 0 Å². The minimum absolute atomic E-state index is 0.0427. The van der Waals surface area contributed by atoms with E-state index in [0.29, 0.717) is 5.75 Å². The van der Waals surface area contributed by atoms with E-state index in [1.54, 1.807) is 25.4 Å². The van der Waals surface area contributed by atoms with Crippen LogP contribution in [0.3, 0.4) is 0 Å². The first kappa shape index (κ1) is 26.2. The SMILES string of the molecule is COc1cccc(-c2ccc(S(=O)(=O)N[C@H](Cc3c[nH]c4ccccc34)C(=O)OCc3ccccc3)cc2)c1. The van der Waals surface area contributed by atoms with Gasteiger partial charge in [0.15, 0.2) is 0 Å². The molecule has 8 heteroatoms. The van der Waals surface area contributed by atoms with Crippen LogP contribution in [0.5, 0.6) is 5.75 Å². The number of methoxy groups -OCH3 is 1. The molecule has 0 spiro atoms. The van der Waals surface area contributed by atoms with Crippen molar-refractivity contribution in [2.24, 2.45) is 0 Å². The molecule has 1 aromatic heterocycles. The van der Waals surface area contributed by atoms with Gasteiger partial charge in [0.2, 0.25) is 10.0 Å². The van der Waals surface area contributed by atoms with Crippen LogP contribution in [-0.2, 0) is 32.6 Å². The molecular formula is C31H28N2O5S. The van der Waals surface area contributed by atoms with Gasteiger partial charge in [0.05, 0.1) is 12.0 Å². The van der Waals surface area contributed by atoms with Crippen molar-refractivity contribution in [1.82, 2.24) is 9.71 Å². The normalized spacial score (nSPS) is 12.2. The van der Waals surface area contributed by atoms with E-state index >= 15 is 0 Å². The van der Waals surface area contributed by atoms with E-state index in [1.165, 1.54) is 12.1 Å². The molecule has 5 rings (SSSR count). The number of esters is 1. The Hall–Kier alpha value is -4.40. The number of para-hydroxylation sites is 1. The first-order valence-corrected chi connectivity index (χ1v) is 13.9. The van der Waals surface area contributed by atoms with Crippen LogP contribution < -0.4 is 9.46 Å². The first-order valence-electron chi connectivity index (χ1n) is 12.5. The molecule has 0 bridgehead atoms. The standard InChI is InChI=1S/C31H28N2O5S/c1-37-26-11-7-10-24(18-26)23-14-16-27(17-15-23)39(35,36)33-30(31(34)38-21-22-8-3-2-4-9-22)19-25-20-32-29-13-6-5-12-28(25)29/h2-18,20,30,32-33H,19,21H2,1H3/t30-/m1/s1. The lowest BCUT2D eigenvalue weighted by atomic mass is 10.1. The number of aromatic amines is 1. The van der Waals surface area contributed by atoms with Gasteiger partial charge in [0, 0.05) is 23.5 Å². The molecule has 0 saturated carbocycles. The van der Waals surface area contributed by atoms with Crippen LogP contribution in [0.2, 0.25) is 0 Å². The summed E-state index contributed by atoms with van der Waals surface area (Å²) in [5.74, 6) is 0.0562. The van der Waals surface area contributed by atoms with Gasteiger partial charge in [-0.2, -0.15) is 4.72 Å². The van der Waals surface area contributed by atoms with Gasteiger partial charge in [-0.25, -0.2) is 8.42 Å². The molecule has 198 valence electrons. The van der Waals surface area contributed by atoms with E-state index in [1.807, 2.05) is 78.9 Å². The van der Waals surface area contributed by atoms with Crippen LogP contribution in [0, 0.1) is 0 Å². The van der Waals surface area contributed by atoms with E-state index in [9.17, 15) is 13.2 Å². The van der Waals surface area contributed by atoms with Crippen LogP contribution in [0.15, 0.2) is 114 Å². The lowest BCUT2D eigenvalue weighted by Gasteiger charge is -2.18. The van der Waals surface area contributed by atoms with Gasteiger partial charge < -0.3 is 14.5 Å². The summed E-state index contributed by atoms with van der Waals surface area (Å²) in [7, 11) is -2.45. The number of rotatable bonds is 10. The zero-order valence-corrected chi connectivity index (χ0v) is 22.1. The predicted molar refractivity (Wildman–Crippen MR) is 151 cm³/mol. The summed E-state index contributed by atoms with van der Waals surface area (Å²) in [6.45, 7) is 0.0427. The molecule has 1 atom stereocenters. The molecule has 2 N–H and O–H groups in total. The van der Waals surface area contributed by atoms with Crippen molar-refractivity contribution in [2.45, 2.75) is 24.0 Å². The van der Waals surface area contributed by atoms with Crippen LogP contribution in [0.25, 0.3) is 22.0 Å². The average Bonchev–Trinajstić information content (AvgIpc) is 3.39. The quantitative estimate of drug-likeness (QED) is 0.229. The minimum Gasteiger partial charge on any atom is -0.497 e. The number of hydrogen-bond donors (Lipinski definition) is 2. The second-order valence-electron chi connectivity index (χ2n) is 9.09. The number of aromatic nitrogens is 1. The highest BCUT2D eigenvalue weighted by Crippen LogP contribution is 2.26. The molecule has 5 aromatic rings. The Morgan fingerprint density at radius 3 is 2.38 bits per heavy atom. The highest BCUT2D eigenvalue weighted by Gasteiger charge is 2.28. The number of hydrogen-bond acceptors (Lipinski definition) is 5.